The first-order chi connectivity index (χ1) is 8.26. The quantitative estimate of drug-likeness (QED) is 0.735. The summed E-state index contributed by atoms with van der Waals surface area (Å²) in [5.74, 6) is 5.22. The van der Waals surface area contributed by atoms with Gasteiger partial charge in [-0.15, -0.1) is 0 Å². The number of hydrogen-bond donors (Lipinski definition) is 1. The second kappa shape index (κ2) is 4.76. The van der Waals surface area contributed by atoms with Gasteiger partial charge in [-0.05, 0) is 88.0 Å². The van der Waals surface area contributed by atoms with Crippen molar-refractivity contribution >= 4 is 0 Å². The zero-order valence-corrected chi connectivity index (χ0v) is 11.2. The highest BCUT2D eigenvalue weighted by atomic mass is 14.5. The molecule has 4 aliphatic carbocycles. The van der Waals surface area contributed by atoms with Crippen LogP contribution in [0, 0.1) is 29.6 Å². The van der Waals surface area contributed by atoms with Gasteiger partial charge in [-0.3, -0.25) is 0 Å². The van der Waals surface area contributed by atoms with E-state index in [-0.39, 0.29) is 0 Å². The lowest BCUT2D eigenvalue weighted by Gasteiger charge is -2.54. The molecular formula is C16H27N. The van der Waals surface area contributed by atoms with Crippen molar-refractivity contribution in [2.24, 2.45) is 35.3 Å². The van der Waals surface area contributed by atoms with Crippen LogP contribution in [0.3, 0.4) is 0 Å². The fraction of sp³-hybridized carbons (Fsp3) is 0.875. The van der Waals surface area contributed by atoms with Crippen molar-refractivity contribution in [3.63, 3.8) is 0 Å². The van der Waals surface area contributed by atoms with Crippen molar-refractivity contribution in [3.05, 3.63) is 11.6 Å². The minimum Gasteiger partial charge on any atom is -0.330 e. The summed E-state index contributed by atoms with van der Waals surface area (Å²) in [4.78, 5) is 0. The molecular weight excluding hydrogens is 206 g/mol. The summed E-state index contributed by atoms with van der Waals surface area (Å²) < 4.78 is 0. The van der Waals surface area contributed by atoms with E-state index in [4.69, 9.17) is 5.73 Å². The largest absolute Gasteiger partial charge is 0.330 e. The molecule has 4 aliphatic rings. The van der Waals surface area contributed by atoms with Gasteiger partial charge in [0.05, 0.1) is 0 Å². The molecule has 0 saturated heterocycles. The Balaban J connectivity index is 1.67. The average molecular weight is 233 g/mol. The molecule has 0 aromatic heterocycles. The molecule has 4 bridgehead atoms. The molecule has 0 spiro atoms. The summed E-state index contributed by atoms with van der Waals surface area (Å²) in [6, 6.07) is 0. The van der Waals surface area contributed by atoms with E-state index in [0.717, 1.165) is 42.6 Å². The maximum atomic E-state index is 5.60. The van der Waals surface area contributed by atoms with Crippen LogP contribution >= 0.6 is 0 Å². The molecule has 4 rings (SSSR count). The first-order valence-corrected chi connectivity index (χ1v) is 7.63. The van der Waals surface area contributed by atoms with Crippen LogP contribution in [0.5, 0.6) is 0 Å². The Kier molecular flexibility index (Phi) is 3.30. The van der Waals surface area contributed by atoms with Gasteiger partial charge >= 0.3 is 0 Å². The summed E-state index contributed by atoms with van der Waals surface area (Å²) in [5.41, 5.74) is 7.20. The third-order valence-electron chi connectivity index (χ3n) is 5.55. The van der Waals surface area contributed by atoms with Crippen LogP contribution in [-0.2, 0) is 0 Å². The Morgan fingerprint density at radius 1 is 1.06 bits per heavy atom. The van der Waals surface area contributed by atoms with Gasteiger partial charge in [0.25, 0.3) is 0 Å². The molecule has 4 fully saturated rings. The normalized spacial score (nSPS) is 44.4. The second-order valence-electron chi connectivity index (χ2n) is 6.91. The number of nitrogens with two attached hydrogens (primary N) is 1. The van der Waals surface area contributed by atoms with Crippen LogP contribution in [0.2, 0.25) is 0 Å². The van der Waals surface area contributed by atoms with E-state index in [1.807, 2.05) is 0 Å². The van der Waals surface area contributed by atoms with Crippen LogP contribution in [0.4, 0.5) is 0 Å². The van der Waals surface area contributed by atoms with E-state index < -0.39 is 0 Å². The van der Waals surface area contributed by atoms with Crippen LogP contribution in [0.1, 0.15) is 51.9 Å². The van der Waals surface area contributed by atoms with E-state index in [2.05, 4.69) is 13.0 Å². The Hall–Kier alpha value is -0.300. The van der Waals surface area contributed by atoms with Crippen molar-refractivity contribution in [2.45, 2.75) is 51.9 Å². The second-order valence-corrected chi connectivity index (χ2v) is 6.91. The molecule has 0 radical (unpaired) electrons. The molecule has 0 aromatic carbocycles. The standard InChI is InChI=1S/C16H27N/c1-11(3-2-4-17)5-16-14-7-12-6-13(9-14)10-15(16)8-12/h5,12-16H,2-4,6-10,17H2,1H3/b11-5+. The van der Waals surface area contributed by atoms with Gasteiger partial charge in [-0.2, -0.15) is 0 Å². The van der Waals surface area contributed by atoms with Gasteiger partial charge in [-0.1, -0.05) is 11.6 Å². The molecule has 0 unspecified atom stereocenters. The molecule has 0 atom stereocenters. The Morgan fingerprint density at radius 3 is 2.18 bits per heavy atom. The van der Waals surface area contributed by atoms with Crippen LogP contribution in [0.15, 0.2) is 11.6 Å². The molecule has 0 amide bonds. The SMILES string of the molecule is C/C(=C\C1C2CC3CC(C2)CC1C3)CCCN. The van der Waals surface area contributed by atoms with Gasteiger partial charge in [0, 0.05) is 0 Å². The van der Waals surface area contributed by atoms with E-state index in [1.165, 1.54) is 6.42 Å². The lowest BCUT2D eigenvalue weighted by Crippen LogP contribution is -2.44. The average Bonchev–Trinajstić information content (AvgIpc) is 2.30. The van der Waals surface area contributed by atoms with E-state index in [9.17, 15) is 0 Å². The topological polar surface area (TPSA) is 26.0 Å². The number of allylic oxidation sites excluding steroid dienone is 2. The van der Waals surface area contributed by atoms with Crippen molar-refractivity contribution < 1.29 is 0 Å². The van der Waals surface area contributed by atoms with Gasteiger partial charge in [0.1, 0.15) is 0 Å². The summed E-state index contributed by atoms with van der Waals surface area (Å²) in [6.45, 7) is 3.16. The summed E-state index contributed by atoms with van der Waals surface area (Å²) >= 11 is 0. The molecule has 1 heteroatoms. The van der Waals surface area contributed by atoms with Crippen LogP contribution < -0.4 is 5.73 Å². The summed E-state index contributed by atoms with van der Waals surface area (Å²) in [6.07, 6.45) is 12.8. The van der Waals surface area contributed by atoms with E-state index in [1.54, 1.807) is 37.7 Å². The maximum Gasteiger partial charge on any atom is -0.00742 e. The Bertz CT molecular complexity index is 277. The van der Waals surface area contributed by atoms with Crippen LogP contribution in [0.25, 0.3) is 0 Å². The zero-order valence-electron chi connectivity index (χ0n) is 11.2. The number of rotatable bonds is 4. The first-order valence-electron chi connectivity index (χ1n) is 7.63. The lowest BCUT2D eigenvalue weighted by molar-refractivity contribution is -0.0165. The summed E-state index contributed by atoms with van der Waals surface area (Å²) in [5, 5.41) is 0. The van der Waals surface area contributed by atoms with Gasteiger partial charge in [-0.25, -0.2) is 0 Å². The molecule has 4 saturated carbocycles. The molecule has 0 aromatic rings. The molecule has 0 heterocycles. The minimum absolute atomic E-state index is 0.840. The van der Waals surface area contributed by atoms with Crippen LogP contribution in [-0.4, -0.2) is 6.54 Å². The molecule has 17 heavy (non-hydrogen) atoms. The Labute approximate surface area is 106 Å². The molecule has 2 N–H and O–H groups in total. The third kappa shape index (κ3) is 2.31. The fourth-order valence-corrected chi connectivity index (χ4v) is 5.03. The van der Waals surface area contributed by atoms with Crippen molar-refractivity contribution in [2.75, 3.05) is 6.54 Å². The fourth-order valence-electron chi connectivity index (χ4n) is 5.03. The predicted molar refractivity (Wildman–Crippen MR) is 72.6 cm³/mol. The highest BCUT2D eigenvalue weighted by Crippen LogP contribution is 2.57. The minimum atomic E-state index is 0.840. The monoisotopic (exact) mass is 233 g/mol. The third-order valence-corrected chi connectivity index (χ3v) is 5.55. The van der Waals surface area contributed by atoms with Gasteiger partial charge < -0.3 is 5.73 Å². The highest BCUT2D eigenvalue weighted by Gasteiger charge is 2.47. The van der Waals surface area contributed by atoms with Crippen molar-refractivity contribution in [3.8, 4) is 0 Å². The molecule has 96 valence electrons. The molecule has 1 nitrogen and oxygen atoms in total. The smallest absolute Gasteiger partial charge is 0.00742 e. The van der Waals surface area contributed by atoms with Gasteiger partial charge in [0.15, 0.2) is 0 Å². The van der Waals surface area contributed by atoms with Gasteiger partial charge in [0.2, 0.25) is 0 Å². The summed E-state index contributed by atoms with van der Waals surface area (Å²) in [7, 11) is 0. The number of hydrogen-bond acceptors (Lipinski definition) is 1. The Morgan fingerprint density at radius 2 is 1.65 bits per heavy atom. The van der Waals surface area contributed by atoms with E-state index >= 15 is 0 Å². The van der Waals surface area contributed by atoms with Crippen molar-refractivity contribution in [1.29, 1.82) is 0 Å². The first kappa shape index (κ1) is 11.8. The lowest BCUT2D eigenvalue weighted by atomic mass is 9.52. The molecule has 0 aliphatic heterocycles. The zero-order chi connectivity index (χ0) is 11.8. The highest BCUT2D eigenvalue weighted by molar-refractivity contribution is 5.10. The maximum absolute atomic E-state index is 5.60. The predicted octanol–water partition coefficient (Wildman–Crippen LogP) is 3.74. The van der Waals surface area contributed by atoms with Crippen molar-refractivity contribution in [1.82, 2.24) is 0 Å². The van der Waals surface area contributed by atoms with E-state index in [0.29, 0.717) is 0 Å².